The van der Waals surface area contributed by atoms with E-state index in [4.69, 9.17) is 0 Å². The van der Waals surface area contributed by atoms with Crippen molar-refractivity contribution in [2.24, 2.45) is 0 Å². The summed E-state index contributed by atoms with van der Waals surface area (Å²) in [5.74, 6) is -57.7. The lowest BCUT2D eigenvalue weighted by Gasteiger charge is -2.42. The van der Waals surface area contributed by atoms with E-state index in [-0.39, 0.29) is 0 Å². The number of halogens is 18. The lowest BCUT2D eigenvalue weighted by molar-refractivity contribution is -0.461. The van der Waals surface area contributed by atoms with Gasteiger partial charge < -0.3 is 0 Å². The summed E-state index contributed by atoms with van der Waals surface area (Å²) in [7, 11) is 0. The van der Waals surface area contributed by atoms with Crippen LogP contribution >= 0.6 is 11.6 Å². The number of hydrogen-bond acceptors (Lipinski definition) is 0. The predicted octanol–water partition coefficient (Wildman–Crippen LogP) is 6.62. The van der Waals surface area contributed by atoms with Crippen molar-refractivity contribution in [3.8, 4) is 0 Å². The molecule has 0 fully saturated rings. The van der Waals surface area contributed by atoms with E-state index in [0.717, 1.165) is 0 Å². The van der Waals surface area contributed by atoms with Crippen LogP contribution in [0.2, 0.25) is 0 Å². The van der Waals surface area contributed by atoms with Crippen molar-refractivity contribution >= 4 is 11.6 Å². The first-order valence-corrected chi connectivity index (χ1v) is 6.62. The van der Waals surface area contributed by atoms with Gasteiger partial charge in [-0.05, 0) is 0 Å². The highest BCUT2D eigenvalue weighted by molar-refractivity contribution is 6.17. The van der Waals surface area contributed by atoms with E-state index in [1.165, 1.54) is 0 Å². The van der Waals surface area contributed by atoms with Crippen molar-refractivity contribution in [1.82, 2.24) is 0 Å². The SMILES string of the molecule is FC(F)(F)C(F)(F)C(F)(F)C(F)(F)C(F)(F)C(F)(F)C(F)(F)C(F)(F)CCCl. The second-order valence-corrected chi connectivity index (χ2v) is 5.47. The van der Waals surface area contributed by atoms with E-state index in [1.54, 1.807) is 0 Å². The van der Waals surface area contributed by atoms with Gasteiger partial charge in [0.25, 0.3) is 0 Å². The summed E-state index contributed by atoms with van der Waals surface area (Å²) >= 11 is 4.49. The van der Waals surface area contributed by atoms with E-state index in [2.05, 4.69) is 11.6 Å². The standard InChI is InChI=1S/C10H4ClF17/c11-2-1-3(12,13)4(14,15)5(16,17)6(18,19)7(20,21)8(22,23)9(24,25)10(26,27)28/h1-2H2. The van der Waals surface area contributed by atoms with E-state index in [9.17, 15) is 74.6 Å². The van der Waals surface area contributed by atoms with Crippen LogP contribution in [0.5, 0.6) is 0 Å². The molecule has 0 aromatic carbocycles. The van der Waals surface area contributed by atoms with Crippen LogP contribution < -0.4 is 0 Å². The molecule has 0 rings (SSSR count). The summed E-state index contributed by atoms with van der Waals surface area (Å²) in [6.07, 6.45) is -10.4. The molecule has 0 aromatic heterocycles. The molecule has 0 atom stereocenters. The van der Waals surface area contributed by atoms with Crippen molar-refractivity contribution < 1.29 is 74.6 Å². The van der Waals surface area contributed by atoms with Crippen molar-refractivity contribution in [2.75, 3.05) is 5.88 Å². The van der Waals surface area contributed by atoms with Gasteiger partial charge in [0, 0.05) is 12.3 Å². The van der Waals surface area contributed by atoms with Gasteiger partial charge in [0.15, 0.2) is 0 Å². The van der Waals surface area contributed by atoms with Gasteiger partial charge in [0.2, 0.25) is 0 Å². The summed E-state index contributed by atoms with van der Waals surface area (Å²) in [4.78, 5) is 0. The Balaban J connectivity index is 6.63. The number of rotatable bonds is 8. The fraction of sp³-hybridized carbons (Fsp3) is 1.00. The molecule has 170 valence electrons. The minimum atomic E-state index is -8.59. The second-order valence-electron chi connectivity index (χ2n) is 5.09. The average Bonchev–Trinajstić information content (AvgIpc) is 2.44. The Kier molecular flexibility index (Phi) is 6.60. The van der Waals surface area contributed by atoms with Gasteiger partial charge >= 0.3 is 47.6 Å². The van der Waals surface area contributed by atoms with Gasteiger partial charge in [-0.15, -0.1) is 11.6 Å². The van der Waals surface area contributed by atoms with E-state index < -0.39 is 59.9 Å². The average molecular weight is 483 g/mol. The molecule has 28 heavy (non-hydrogen) atoms. The largest absolute Gasteiger partial charge is 0.460 e. The third-order valence-electron chi connectivity index (χ3n) is 3.20. The van der Waals surface area contributed by atoms with Crippen LogP contribution in [0.15, 0.2) is 0 Å². The summed E-state index contributed by atoms with van der Waals surface area (Å²) in [6, 6.07) is 0. The highest BCUT2D eigenvalue weighted by atomic mass is 35.5. The lowest BCUT2D eigenvalue weighted by Crippen LogP contribution is -2.74. The Morgan fingerprint density at radius 2 is 0.643 bits per heavy atom. The van der Waals surface area contributed by atoms with Gasteiger partial charge in [0.1, 0.15) is 0 Å². The molecule has 0 unspecified atom stereocenters. The van der Waals surface area contributed by atoms with Crippen LogP contribution in [-0.2, 0) is 0 Å². The highest BCUT2D eigenvalue weighted by Crippen LogP contribution is 2.64. The second kappa shape index (κ2) is 6.82. The van der Waals surface area contributed by atoms with E-state index in [1.807, 2.05) is 0 Å². The Morgan fingerprint density at radius 3 is 0.893 bits per heavy atom. The van der Waals surface area contributed by atoms with Crippen LogP contribution in [0.4, 0.5) is 74.6 Å². The van der Waals surface area contributed by atoms with Gasteiger partial charge in [-0.1, -0.05) is 0 Å². The number of alkyl halides is 18. The molecule has 0 spiro atoms. The summed E-state index contributed by atoms with van der Waals surface area (Å²) < 4.78 is 217. The summed E-state index contributed by atoms with van der Waals surface area (Å²) in [6.45, 7) is 0. The molecule has 0 radical (unpaired) electrons. The Morgan fingerprint density at radius 1 is 0.393 bits per heavy atom. The fourth-order valence-electron chi connectivity index (χ4n) is 1.47. The van der Waals surface area contributed by atoms with Crippen molar-refractivity contribution in [2.45, 2.75) is 54.1 Å². The maximum absolute atomic E-state index is 13.1. The predicted molar refractivity (Wildman–Crippen MR) is 56.0 cm³/mol. The van der Waals surface area contributed by atoms with E-state index >= 15 is 0 Å². The maximum Gasteiger partial charge on any atom is 0.460 e. The Hall–Kier alpha value is -0.900. The van der Waals surface area contributed by atoms with Crippen molar-refractivity contribution in [1.29, 1.82) is 0 Å². The molecule has 0 aliphatic heterocycles. The third-order valence-corrected chi connectivity index (χ3v) is 3.38. The summed E-state index contributed by atoms with van der Waals surface area (Å²) in [5, 5.41) is 0. The molecular formula is C10H4ClF17. The smallest absolute Gasteiger partial charge is 0.200 e. The highest BCUT2D eigenvalue weighted by Gasteiger charge is 2.95. The molecule has 0 N–H and O–H groups in total. The first-order valence-electron chi connectivity index (χ1n) is 6.08. The molecule has 0 aliphatic carbocycles. The monoisotopic (exact) mass is 482 g/mol. The zero-order valence-electron chi connectivity index (χ0n) is 12.2. The minimum Gasteiger partial charge on any atom is -0.200 e. The molecule has 18 heteroatoms. The first-order chi connectivity index (χ1) is 11.8. The van der Waals surface area contributed by atoms with Crippen molar-refractivity contribution in [3.63, 3.8) is 0 Å². The molecule has 0 bridgehead atoms. The zero-order valence-corrected chi connectivity index (χ0v) is 13.0. The molecule has 0 nitrogen and oxygen atoms in total. The van der Waals surface area contributed by atoms with E-state index in [0.29, 0.717) is 0 Å². The molecule has 0 amide bonds. The van der Waals surface area contributed by atoms with Crippen molar-refractivity contribution in [3.05, 3.63) is 0 Å². The van der Waals surface area contributed by atoms with Gasteiger partial charge in [-0.25, -0.2) is 0 Å². The quantitative estimate of drug-likeness (QED) is 0.269. The lowest BCUT2D eigenvalue weighted by atomic mass is 9.88. The van der Waals surface area contributed by atoms with Crippen LogP contribution in [0.3, 0.4) is 0 Å². The third kappa shape index (κ3) is 3.34. The molecular weight excluding hydrogens is 479 g/mol. The molecule has 0 heterocycles. The van der Waals surface area contributed by atoms with Crippen LogP contribution in [0.1, 0.15) is 6.42 Å². The maximum atomic E-state index is 13.1. The summed E-state index contributed by atoms with van der Waals surface area (Å²) in [5.41, 5.74) is 0. The normalized spacial score (nSPS) is 16.5. The molecule has 0 saturated carbocycles. The molecule has 0 saturated heterocycles. The first kappa shape index (κ1) is 27.1. The Labute approximate surface area is 147 Å². The fourth-order valence-corrected chi connectivity index (χ4v) is 1.71. The number of hydrogen-bond donors (Lipinski definition) is 0. The van der Waals surface area contributed by atoms with Crippen LogP contribution in [0.25, 0.3) is 0 Å². The minimum absolute atomic E-state index is 1.69. The van der Waals surface area contributed by atoms with Gasteiger partial charge in [-0.2, -0.15) is 74.6 Å². The van der Waals surface area contributed by atoms with Crippen LogP contribution in [0, 0.1) is 0 Å². The van der Waals surface area contributed by atoms with Gasteiger partial charge in [0.05, 0.1) is 0 Å². The topological polar surface area (TPSA) is 0 Å². The Bertz CT molecular complexity index is 559. The van der Waals surface area contributed by atoms with Gasteiger partial charge in [-0.3, -0.25) is 0 Å². The van der Waals surface area contributed by atoms with Crippen LogP contribution in [-0.4, -0.2) is 53.5 Å². The molecule has 0 aliphatic rings. The zero-order chi connectivity index (χ0) is 23.4. The molecule has 0 aromatic rings.